The third-order valence-corrected chi connectivity index (χ3v) is 2.26. The largest absolute Gasteiger partial charge is 0.392 e. The molecule has 0 radical (unpaired) electrons. The first kappa shape index (κ1) is 13.2. The number of nitrogens with one attached hydrogen (secondary N) is 2. The van der Waals surface area contributed by atoms with Gasteiger partial charge in [-0.1, -0.05) is 18.2 Å². The van der Waals surface area contributed by atoms with E-state index in [2.05, 4.69) is 10.6 Å². The third kappa shape index (κ3) is 3.88. The van der Waals surface area contributed by atoms with E-state index in [1.807, 2.05) is 0 Å². The van der Waals surface area contributed by atoms with Gasteiger partial charge in [0.25, 0.3) is 0 Å². The average molecular weight is 236 g/mol. The Hall–Kier alpha value is -1.88. The summed E-state index contributed by atoms with van der Waals surface area (Å²) in [4.78, 5) is 22.5. The molecule has 1 rings (SSSR count). The number of rotatable bonds is 4. The third-order valence-electron chi connectivity index (χ3n) is 2.26. The Kier molecular flexibility index (Phi) is 4.66. The SMILES string of the molecule is CC(=O)NC(C)C(=O)Nc1ccccc1CO. The summed E-state index contributed by atoms with van der Waals surface area (Å²) in [6.45, 7) is 2.80. The number of aliphatic hydroxyl groups excluding tert-OH is 1. The van der Waals surface area contributed by atoms with E-state index in [0.29, 0.717) is 11.3 Å². The average Bonchev–Trinajstić information content (AvgIpc) is 2.28. The summed E-state index contributed by atoms with van der Waals surface area (Å²) in [5.41, 5.74) is 1.19. The number of hydrogen-bond acceptors (Lipinski definition) is 3. The molecule has 0 bridgehead atoms. The van der Waals surface area contributed by atoms with E-state index in [4.69, 9.17) is 5.11 Å². The van der Waals surface area contributed by atoms with Gasteiger partial charge in [0.2, 0.25) is 11.8 Å². The molecule has 1 aromatic rings. The van der Waals surface area contributed by atoms with Crippen molar-refractivity contribution in [1.29, 1.82) is 0 Å². The minimum atomic E-state index is -0.612. The molecule has 2 amide bonds. The van der Waals surface area contributed by atoms with Gasteiger partial charge in [-0.3, -0.25) is 9.59 Å². The molecule has 1 unspecified atom stereocenters. The lowest BCUT2D eigenvalue weighted by atomic mass is 10.2. The van der Waals surface area contributed by atoms with Crippen LogP contribution in [0.5, 0.6) is 0 Å². The normalized spacial score (nSPS) is 11.7. The van der Waals surface area contributed by atoms with Gasteiger partial charge in [0.1, 0.15) is 6.04 Å². The minimum Gasteiger partial charge on any atom is -0.392 e. The molecule has 0 spiro atoms. The standard InChI is InChI=1S/C12H16N2O3/c1-8(13-9(2)16)12(17)14-11-6-4-3-5-10(11)7-15/h3-6,8,15H,7H2,1-2H3,(H,13,16)(H,14,17). The Balaban J connectivity index is 2.70. The smallest absolute Gasteiger partial charge is 0.246 e. The maximum Gasteiger partial charge on any atom is 0.246 e. The van der Waals surface area contributed by atoms with Gasteiger partial charge in [-0.25, -0.2) is 0 Å². The summed E-state index contributed by atoms with van der Waals surface area (Å²) in [6, 6.07) is 6.35. The molecular weight excluding hydrogens is 220 g/mol. The lowest BCUT2D eigenvalue weighted by Gasteiger charge is -2.14. The predicted octanol–water partition coefficient (Wildman–Crippen LogP) is 0.642. The first-order valence-electron chi connectivity index (χ1n) is 5.31. The Morgan fingerprint density at radius 1 is 1.35 bits per heavy atom. The van der Waals surface area contributed by atoms with Gasteiger partial charge in [-0.05, 0) is 13.0 Å². The van der Waals surface area contributed by atoms with E-state index in [1.165, 1.54) is 6.92 Å². The summed E-state index contributed by atoms with van der Waals surface area (Å²) in [7, 11) is 0. The number of para-hydroxylation sites is 1. The van der Waals surface area contributed by atoms with Gasteiger partial charge < -0.3 is 15.7 Å². The minimum absolute atomic E-state index is 0.148. The van der Waals surface area contributed by atoms with Gasteiger partial charge in [-0.2, -0.15) is 0 Å². The molecule has 0 fully saturated rings. The van der Waals surface area contributed by atoms with Gasteiger partial charge in [-0.15, -0.1) is 0 Å². The quantitative estimate of drug-likeness (QED) is 0.718. The number of hydrogen-bond donors (Lipinski definition) is 3. The Bertz CT molecular complexity index is 418. The van der Waals surface area contributed by atoms with Crippen LogP contribution in [0.25, 0.3) is 0 Å². The van der Waals surface area contributed by atoms with Crippen LogP contribution >= 0.6 is 0 Å². The van der Waals surface area contributed by atoms with Crippen LogP contribution in [0.3, 0.4) is 0 Å². The zero-order valence-electron chi connectivity index (χ0n) is 9.86. The topological polar surface area (TPSA) is 78.4 Å². The number of benzene rings is 1. The van der Waals surface area contributed by atoms with Crippen molar-refractivity contribution in [3.05, 3.63) is 29.8 Å². The number of aliphatic hydroxyl groups is 1. The van der Waals surface area contributed by atoms with Crippen LogP contribution in [0.15, 0.2) is 24.3 Å². The van der Waals surface area contributed by atoms with Crippen molar-refractivity contribution in [2.75, 3.05) is 5.32 Å². The number of anilines is 1. The van der Waals surface area contributed by atoms with E-state index in [9.17, 15) is 9.59 Å². The van der Waals surface area contributed by atoms with Crippen LogP contribution in [0, 0.1) is 0 Å². The number of carbonyl (C=O) groups is 2. The van der Waals surface area contributed by atoms with Crippen molar-refractivity contribution in [3.63, 3.8) is 0 Å². The Labute approximate surface area is 99.8 Å². The van der Waals surface area contributed by atoms with Crippen LogP contribution in [-0.4, -0.2) is 23.0 Å². The van der Waals surface area contributed by atoms with E-state index >= 15 is 0 Å². The van der Waals surface area contributed by atoms with Crippen molar-refractivity contribution in [1.82, 2.24) is 5.32 Å². The van der Waals surface area contributed by atoms with Gasteiger partial charge in [0.15, 0.2) is 0 Å². The summed E-state index contributed by atoms with van der Waals surface area (Å²) in [6.07, 6.45) is 0. The second-order valence-electron chi connectivity index (χ2n) is 3.73. The highest BCUT2D eigenvalue weighted by molar-refractivity contribution is 5.97. The number of amides is 2. The van der Waals surface area contributed by atoms with E-state index in [-0.39, 0.29) is 18.4 Å². The number of carbonyl (C=O) groups excluding carboxylic acids is 2. The molecular formula is C12H16N2O3. The fourth-order valence-electron chi connectivity index (χ4n) is 1.39. The molecule has 0 saturated carbocycles. The van der Waals surface area contributed by atoms with Crippen molar-refractivity contribution in [2.45, 2.75) is 26.5 Å². The molecule has 0 saturated heterocycles. The monoisotopic (exact) mass is 236 g/mol. The predicted molar refractivity (Wildman–Crippen MR) is 64.3 cm³/mol. The molecule has 5 nitrogen and oxygen atoms in total. The van der Waals surface area contributed by atoms with Gasteiger partial charge in [0.05, 0.1) is 6.61 Å². The maximum absolute atomic E-state index is 11.7. The zero-order chi connectivity index (χ0) is 12.8. The highest BCUT2D eigenvalue weighted by atomic mass is 16.3. The molecule has 0 aliphatic carbocycles. The van der Waals surface area contributed by atoms with E-state index in [0.717, 1.165) is 0 Å². The van der Waals surface area contributed by atoms with Crippen LogP contribution in [0.4, 0.5) is 5.69 Å². The van der Waals surface area contributed by atoms with Crippen LogP contribution in [0.1, 0.15) is 19.4 Å². The Morgan fingerprint density at radius 2 is 2.00 bits per heavy atom. The first-order chi connectivity index (χ1) is 8.04. The maximum atomic E-state index is 11.7. The second-order valence-corrected chi connectivity index (χ2v) is 3.73. The summed E-state index contributed by atoms with van der Waals surface area (Å²) in [5, 5.41) is 14.2. The van der Waals surface area contributed by atoms with Gasteiger partial charge in [0, 0.05) is 18.2 Å². The molecule has 17 heavy (non-hydrogen) atoms. The zero-order valence-corrected chi connectivity index (χ0v) is 9.86. The first-order valence-corrected chi connectivity index (χ1v) is 5.31. The summed E-state index contributed by atoms with van der Waals surface area (Å²) in [5.74, 6) is -0.579. The molecule has 1 aromatic carbocycles. The fourth-order valence-corrected chi connectivity index (χ4v) is 1.39. The fraction of sp³-hybridized carbons (Fsp3) is 0.333. The van der Waals surface area contributed by atoms with Crippen molar-refractivity contribution in [3.8, 4) is 0 Å². The van der Waals surface area contributed by atoms with Crippen molar-refractivity contribution in [2.24, 2.45) is 0 Å². The van der Waals surface area contributed by atoms with E-state index in [1.54, 1.807) is 31.2 Å². The molecule has 0 aliphatic heterocycles. The highest BCUT2D eigenvalue weighted by Crippen LogP contribution is 2.14. The summed E-state index contributed by atoms with van der Waals surface area (Å²) >= 11 is 0. The van der Waals surface area contributed by atoms with Crippen molar-refractivity contribution < 1.29 is 14.7 Å². The van der Waals surface area contributed by atoms with Crippen LogP contribution in [-0.2, 0) is 16.2 Å². The summed E-state index contributed by atoms with van der Waals surface area (Å²) < 4.78 is 0. The molecule has 1 atom stereocenters. The molecule has 5 heteroatoms. The molecule has 0 heterocycles. The lowest BCUT2D eigenvalue weighted by Crippen LogP contribution is -2.40. The molecule has 92 valence electrons. The molecule has 0 aliphatic rings. The van der Waals surface area contributed by atoms with E-state index < -0.39 is 6.04 Å². The van der Waals surface area contributed by atoms with Gasteiger partial charge >= 0.3 is 0 Å². The van der Waals surface area contributed by atoms with Crippen molar-refractivity contribution >= 4 is 17.5 Å². The molecule has 3 N–H and O–H groups in total. The molecule has 0 aromatic heterocycles. The van der Waals surface area contributed by atoms with Crippen LogP contribution < -0.4 is 10.6 Å². The lowest BCUT2D eigenvalue weighted by molar-refractivity contribution is -0.124. The second kappa shape index (κ2) is 6.00. The highest BCUT2D eigenvalue weighted by Gasteiger charge is 2.14. The Morgan fingerprint density at radius 3 is 2.59 bits per heavy atom. The van der Waals surface area contributed by atoms with Crippen LogP contribution in [0.2, 0.25) is 0 Å².